The van der Waals surface area contributed by atoms with E-state index in [1.165, 1.54) is 24.4 Å². The van der Waals surface area contributed by atoms with E-state index in [0.717, 1.165) is 25.8 Å². The van der Waals surface area contributed by atoms with E-state index in [1.807, 2.05) is 4.90 Å². The number of nitrogens with zero attached hydrogens (tertiary/aromatic N) is 5. The number of aromatic hydroxyl groups is 1. The molecule has 53 heavy (non-hydrogen) atoms. The van der Waals surface area contributed by atoms with Gasteiger partial charge in [0.25, 0.3) is 0 Å². The highest BCUT2D eigenvalue weighted by Crippen LogP contribution is 2.43. The number of alkyl halides is 1. The summed E-state index contributed by atoms with van der Waals surface area (Å²) in [6.45, 7) is 16.8. The van der Waals surface area contributed by atoms with Gasteiger partial charge in [0.2, 0.25) is 0 Å². The molecule has 3 aliphatic heterocycles. The van der Waals surface area contributed by atoms with Crippen molar-refractivity contribution in [1.29, 1.82) is 0 Å². The molecule has 3 aliphatic rings. The van der Waals surface area contributed by atoms with Gasteiger partial charge < -0.3 is 19.5 Å². The van der Waals surface area contributed by atoms with Crippen molar-refractivity contribution >= 4 is 35.6 Å². The van der Waals surface area contributed by atoms with Gasteiger partial charge >= 0.3 is 6.01 Å². The van der Waals surface area contributed by atoms with E-state index in [0.29, 0.717) is 77.9 Å². The number of rotatable bonds is 8. The van der Waals surface area contributed by atoms with Crippen LogP contribution in [0, 0.1) is 23.1 Å². The van der Waals surface area contributed by atoms with Crippen molar-refractivity contribution < 1.29 is 27.8 Å². The molecule has 2 aromatic carbocycles. The van der Waals surface area contributed by atoms with Gasteiger partial charge in [0.15, 0.2) is 5.82 Å². The smallest absolute Gasteiger partial charge is 0.319 e. The molecule has 4 aromatic rings. The normalized spacial score (nSPS) is 21.1. The molecule has 0 amide bonds. The number of halogens is 3. The van der Waals surface area contributed by atoms with Crippen LogP contribution in [-0.4, -0.2) is 90.7 Å². The Morgan fingerprint density at radius 2 is 1.79 bits per heavy atom. The average Bonchev–Trinajstić information content (AvgIpc) is 3.49. The van der Waals surface area contributed by atoms with Crippen molar-refractivity contribution in [2.75, 3.05) is 50.9 Å². The van der Waals surface area contributed by atoms with Crippen LogP contribution >= 0.6 is 0 Å². The van der Waals surface area contributed by atoms with E-state index in [9.17, 15) is 9.50 Å². The maximum Gasteiger partial charge on any atom is 0.319 e. The molecule has 2 atom stereocenters. The van der Waals surface area contributed by atoms with Gasteiger partial charge in [-0.15, -0.1) is 5.54 Å². The lowest BCUT2D eigenvalue weighted by Gasteiger charge is -2.38. The maximum absolute atomic E-state index is 17.2. The van der Waals surface area contributed by atoms with E-state index in [4.69, 9.17) is 14.5 Å². The highest BCUT2D eigenvalue weighted by Gasteiger charge is 2.49. The van der Waals surface area contributed by atoms with Crippen molar-refractivity contribution in [3.05, 3.63) is 47.7 Å². The summed E-state index contributed by atoms with van der Waals surface area (Å²) < 4.78 is 59.8. The molecule has 7 rings (SSSR count). The Labute approximate surface area is 311 Å². The topological polar surface area (TPSA) is 83.8 Å². The van der Waals surface area contributed by atoms with Crippen LogP contribution < -0.4 is 9.64 Å². The second-order valence-electron chi connectivity index (χ2n) is 16.0. The summed E-state index contributed by atoms with van der Waals surface area (Å²) >= 11 is 0. The maximum atomic E-state index is 17.2. The largest absolute Gasteiger partial charge is 0.508 e. The quantitative estimate of drug-likeness (QED) is 0.142. The average molecular weight is 746 g/mol. The molecule has 2 aromatic heterocycles. The van der Waals surface area contributed by atoms with Crippen LogP contribution in [0.15, 0.2) is 30.5 Å². The first-order chi connectivity index (χ1) is 25.3. The van der Waals surface area contributed by atoms with E-state index in [1.54, 1.807) is 6.07 Å². The number of benzene rings is 2. The van der Waals surface area contributed by atoms with Crippen LogP contribution in [0.3, 0.4) is 0 Å². The van der Waals surface area contributed by atoms with Crippen molar-refractivity contribution in [2.24, 2.45) is 0 Å². The Balaban J connectivity index is 1.40. The summed E-state index contributed by atoms with van der Waals surface area (Å²) in [5.41, 5.74) is 4.39. The number of phenolic OH excluding ortho intramolecular Hbond substituents is 1. The summed E-state index contributed by atoms with van der Waals surface area (Å²) in [6, 6.07) is 5.85. The fraction of sp³-hybridized carbons (Fsp3) is 0.537. The molecule has 0 bridgehead atoms. The van der Waals surface area contributed by atoms with Crippen LogP contribution in [0.25, 0.3) is 32.9 Å². The van der Waals surface area contributed by atoms with Gasteiger partial charge in [-0.05, 0) is 66.0 Å². The number of hydrogen-bond donors (Lipinski definition) is 1. The third-order valence-electron chi connectivity index (χ3n) is 12.0. The molecule has 3 saturated heterocycles. The Kier molecular flexibility index (Phi) is 10.4. The van der Waals surface area contributed by atoms with E-state index >= 15 is 8.78 Å². The number of pyridine rings is 1. The lowest BCUT2D eigenvalue weighted by molar-refractivity contribution is 0.107. The number of ether oxygens (including phenoxy) is 2. The first-order valence-electron chi connectivity index (χ1n) is 19.0. The zero-order chi connectivity index (χ0) is 37.7. The van der Waals surface area contributed by atoms with Gasteiger partial charge in [-0.1, -0.05) is 53.5 Å². The Morgan fingerprint density at radius 3 is 2.55 bits per heavy atom. The van der Waals surface area contributed by atoms with Gasteiger partial charge in [0.1, 0.15) is 49.4 Å². The lowest BCUT2D eigenvalue weighted by atomic mass is 9.95. The number of fused-ring (bicyclic) bond motifs is 3. The molecule has 0 spiro atoms. The minimum Gasteiger partial charge on any atom is -0.508 e. The van der Waals surface area contributed by atoms with Crippen molar-refractivity contribution in [2.45, 2.75) is 95.6 Å². The number of hydrogen-bond acceptors (Lipinski definition) is 8. The van der Waals surface area contributed by atoms with Gasteiger partial charge in [0.05, 0.1) is 23.1 Å². The second kappa shape index (κ2) is 14.7. The minimum atomic E-state index is -2.27. The van der Waals surface area contributed by atoms with Crippen molar-refractivity contribution in [1.82, 2.24) is 19.9 Å². The van der Waals surface area contributed by atoms with Crippen LogP contribution in [0.4, 0.5) is 19.0 Å². The van der Waals surface area contributed by atoms with Gasteiger partial charge in [-0.25, -0.2) is 13.2 Å². The second-order valence-corrected chi connectivity index (χ2v) is 21.6. The standard InChI is InChI=1S/C41H50F3N5O3Si/c1-25(2)53(26(3)4,27(5)6)18-11-31-34(43)10-9-28-19-30(50)20-32(35(28)31)37-36(44)38-33(22-45-37)39(48-13-8-16-51-17-15-48)47-40(46-38)52-24-41-12-7-14-49(41)23-29(42)21-41/h9-10,19-20,22,25-27,29,50H,7-8,12-17,21,23-24H2,1-6H3. The molecular weight excluding hydrogens is 696 g/mol. The third-order valence-corrected chi connectivity index (χ3v) is 18.3. The fourth-order valence-corrected chi connectivity index (χ4v) is 14.7. The summed E-state index contributed by atoms with van der Waals surface area (Å²) in [4.78, 5) is 18.2. The summed E-state index contributed by atoms with van der Waals surface area (Å²) in [7, 11) is -2.27. The van der Waals surface area contributed by atoms with Crippen molar-refractivity contribution in [3.8, 4) is 34.5 Å². The molecule has 0 saturated carbocycles. The molecule has 3 fully saturated rings. The zero-order valence-electron chi connectivity index (χ0n) is 31.6. The highest BCUT2D eigenvalue weighted by atomic mass is 28.3. The number of anilines is 1. The molecule has 12 heteroatoms. The monoisotopic (exact) mass is 745 g/mol. The molecule has 1 N–H and O–H groups in total. The first-order valence-corrected chi connectivity index (χ1v) is 21.3. The number of phenols is 1. The molecule has 0 aliphatic carbocycles. The molecular formula is C41H50F3N5O3Si. The Hall–Kier alpha value is -3.92. The predicted molar refractivity (Wildman–Crippen MR) is 206 cm³/mol. The van der Waals surface area contributed by atoms with Crippen LogP contribution in [0.1, 0.15) is 72.8 Å². The summed E-state index contributed by atoms with van der Waals surface area (Å²) in [5, 5.41) is 12.2. The molecule has 8 nitrogen and oxygen atoms in total. The third kappa shape index (κ3) is 6.74. The van der Waals surface area contributed by atoms with Crippen LogP contribution in [0.2, 0.25) is 16.6 Å². The lowest BCUT2D eigenvalue weighted by Crippen LogP contribution is -2.43. The minimum absolute atomic E-state index is 0.00651. The molecule has 5 heterocycles. The van der Waals surface area contributed by atoms with Gasteiger partial charge in [-0.3, -0.25) is 9.88 Å². The highest BCUT2D eigenvalue weighted by molar-refractivity contribution is 6.90. The summed E-state index contributed by atoms with van der Waals surface area (Å²) in [6.07, 6.45) is 3.51. The number of aromatic nitrogens is 3. The predicted octanol–water partition coefficient (Wildman–Crippen LogP) is 8.58. The molecule has 0 radical (unpaired) electrons. The SMILES string of the molecule is CC(C)[Si](C#Cc1c(F)ccc2cc(O)cc(-c3ncc4c(N5CCCOCC5)nc(OCC56CCCN5CC(F)C6)nc4c3F)c12)(C(C)C)C(C)C. The Bertz CT molecular complexity index is 2060. The van der Waals surface area contributed by atoms with Gasteiger partial charge in [0, 0.05) is 49.8 Å². The van der Waals surface area contributed by atoms with Crippen molar-refractivity contribution in [3.63, 3.8) is 0 Å². The van der Waals surface area contributed by atoms with E-state index < -0.39 is 31.4 Å². The molecule has 2 unspecified atom stereocenters. The van der Waals surface area contributed by atoms with E-state index in [-0.39, 0.29) is 40.7 Å². The van der Waals surface area contributed by atoms with E-state index in [2.05, 4.69) is 67.9 Å². The fourth-order valence-electron chi connectivity index (χ4n) is 9.46. The molecule has 282 valence electrons. The van der Waals surface area contributed by atoms with Crippen LogP contribution in [0.5, 0.6) is 11.8 Å². The Morgan fingerprint density at radius 1 is 1.02 bits per heavy atom. The zero-order valence-corrected chi connectivity index (χ0v) is 32.6. The first kappa shape index (κ1) is 37.4. The summed E-state index contributed by atoms with van der Waals surface area (Å²) in [5.74, 6) is 2.35. The van der Waals surface area contributed by atoms with Crippen LogP contribution in [-0.2, 0) is 4.74 Å². The van der Waals surface area contributed by atoms with Gasteiger partial charge in [-0.2, -0.15) is 9.97 Å².